The van der Waals surface area contributed by atoms with Gasteiger partial charge in [-0.1, -0.05) is 0 Å². The van der Waals surface area contributed by atoms with Crippen molar-refractivity contribution in [3.8, 4) is 0 Å². The van der Waals surface area contributed by atoms with Crippen molar-refractivity contribution in [3.05, 3.63) is 17.6 Å². The molecular weight excluding hydrogens is 226 g/mol. The van der Waals surface area contributed by atoms with Crippen LogP contribution in [0.5, 0.6) is 0 Å². The van der Waals surface area contributed by atoms with Crippen molar-refractivity contribution in [2.45, 2.75) is 25.1 Å². The van der Waals surface area contributed by atoms with Gasteiger partial charge in [-0.3, -0.25) is 4.79 Å². The van der Waals surface area contributed by atoms with Crippen molar-refractivity contribution < 1.29 is 9.90 Å². The molecule has 2 N–H and O–H groups in total. The lowest BCUT2D eigenvalue weighted by Gasteiger charge is -2.19. The van der Waals surface area contributed by atoms with E-state index in [-0.39, 0.29) is 0 Å². The van der Waals surface area contributed by atoms with Crippen molar-refractivity contribution in [2.75, 3.05) is 11.1 Å². The zero-order valence-corrected chi connectivity index (χ0v) is 9.75. The predicted octanol–water partition coefficient (Wildman–Crippen LogP) is 1.15. The van der Waals surface area contributed by atoms with Gasteiger partial charge in [0.1, 0.15) is 18.2 Å². The van der Waals surface area contributed by atoms with E-state index in [1.807, 2.05) is 11.8 Å². The Kier molecular flexibility index (Phi) is 3.28. The number of anilines is 1. The van der Waals surface area contributed by atoms with Crippen LogP contribution in [0.3, 0.4) is 0 Å². The standard InChI is InChI=1S/C10H13N3O2S/c1-6(10(14)15)13-9-7-4-16-3-2-8(7)11-5-12-9/h5-6H,2-4H2,1H3,(H,14,15)(H,11,12,13). The summed E-state index contributed by atoms with van der Waals surface area (Å²) in [4.78, 5) is 19.1. The third kappa shape index (κ3) is 2.27. The molecule has 6 heteroatoms. The zero-order valence-electron chi connectivity index (χ0n) is 8.93. The van der Waals surface area contributed by atoms with Crippen molar-refractivity contribution in [1.82, 2.24) is 9.97 Å². The number of rotatable bonds is 3. The molecule has 0 aromatic carbocycles. The van der Waals surface area contributed by atoms with Crippen LogP contribution in [-0.4, -0.2) is 32.8 Å². The molecule has 16 heavy (non-hydrogen) atoms. The number of aliphatic carboxylic acids is 1. The first-order chi connectivity index (χ1) is 7.68. The largest absolute Gasteiger partial charge is 0.480 e. The molecule has 1 aliphatic heterocycles. The summed E-state index contributed by atoms with van der Waals surface area (Å²) in [5.41, 5.74) is 2.08. The maximum atomic E-state index is 10.8. The van der Waals surface area contributed by atoms with E-state index in [1.165, 1.54) is 6.33 Å². The maximum absolute atomic E-state index is 10.8. The van der Waals surface area contributed by atoms with E-state index in [0.717, 1.165) is 29.2 Å². The Hall–Kier alpha value is -1.30. The fourth-order valence-electron chi connectivity index (χ4n) is 1.55. The Bertz CT molecular complexity index is 411. The number of thioether (sulfide) groups is 1. The number of nitrogens with one attached hydrogen (secondary N) is 1. The molecule has 0 spiro atoms. The Balaban J connectivity index is 2.24. The van der Waals surface area contributed by atoms with Crippen LogP contribution in [0, 0.1) is 0 Å². The van der Waals surface area contributed by atoms with E-state index in [2.05, 4.69) is 15.3 Å². The van der Waals surface area contributed by atoms with Gasteiger partial charge in [0.05, 0.1) is 5.69 Å². The Morgan fingerprint density at radius 2 is 2.44 bits per heavy atom. The van der Waals surface area contributed by atoms with Crippen molar-refractivity contribution in [2.24, 2.45) is 0 Å². The van der Waals surface area contributed by atoms with E-state index in [0.29, 0.717) is 5.82 Å². The molecule has 0 saturated carbocycles. The summed E-state index contributed by atoms with van der Waals surface area (Å²) in [5, 5.41) is 11.7. The molecule has 0 aliphatic carbocycles. The van der Waals surface area contributed by atoms with Crippen LogP contribution in [0.4, 0.5) is 5.82 Å². The van der Waals surface area contributed by atoms with Gasteiger partial charge in [-0.05, 0) is 19.1 Å². The maximum Gasteiger partial charge on any atom is 0.325 e. The van der Waals surface area contributed by atoms with Gasteiger partial charge in [-0.25, -0.2) is 9.97 Å². The molecule has 0 amide bonds. The second kappa shape index (κ2) is 4.69. The number of aryl methyl sites for hydroxylation is 1. The number of fused-ring (bicyclic) bond motifs is 1. The summed E-state index contributed by atoms with van der Waals surface area (Å²) in [6, 6.07) is -0.633. The summed E-state index contributed by atoms with van der Waals surface area (Å²) < 4.78 is 0. The molecule has 0 bridgehead atoms. The van der Waals surface area contributed by atoms with E-state index in [4.69, 9.17) is 5.11 Å². The number of carboxylic acids is 1. The highest BCUT2D eigenvalue weighted by atomic mass is 32.2. The second-order valence-corrected chi connectivity index (χ2v) is 4.76. The lowest BCUT2D eigenvalue weighted by molar-refractivity contribution is -0.137. The fraction of sp³-hybridized carbons (Fsp3) is 0.500. The SMILES string of the molecule is CC(Nc1ncnc2c1CSCC2)C(=O)O. The van der Waals surface area contributed by atoms with Gasteiger partial charge >= 0.3 is 5.97 Å². The zero-order chi connectivity index (χ0) is 11.5. The number of nitrogens with zero attached hydrogens (tertiary/aromatic N) is 2. The van der Waals surface area contributed by atoms with Crippen LogP contribution in [0.15, 0.2) is 6.33 Å². The second-order valence-electron chi connectivity index (χ2n) is 3.65. The van der Waals surface area contributed by atoms with Crippen LogP contribution in [-0.2, 0) is 17.0 Å². The highest BCUT2D eigenvalue weighted by molar-refractivity contribution is 7.98. The molecule has 0 radical (unpaired) electrons. The van der Waals surface area contributed by atoms with Crippen LogP contribution < -0.4 is 5.32 Å². The average molecular weight is 239 g/mol. The van der Waals surface area contributed by atoms with Crippen molar-refractivity contribution >= 4 is 23.5 Å². The van der Waals surface area contributed by atoms with Crippen molar-refractivity contribution in [3.63, 3.8) is 0 Å². The molecule has 1 aromatic heterocycles. The highest BCUT2D eigenvalue weighted by Gasteiger charge is 2.18. The third-order valence-corrected chi connectivity index (χ3v) is 3.47. The van der Waals surface area contributed by atoms with Crippen LogP contribution in [0.1, 0.15) is 18.2 Å². The summed E-state index contributed by atoms with van der Waals surface area (Å²) in [6.45, 7) is 1.60. The summed E-state index contributed by atoms with van der Waals surface area (Å²) in [6.07, 6.45) is 2.42. The number of carbonyl (C=O) groups is 1. The van der Waals surface area contributed by atoms with Crippen LogP contribution >= 0.6 is 11.8 Å². The first kappa shape index (κ1) is 11.2. The van der Waals surface area contributed by atoms with Crippen LogP contribution in [0.2, 0.25) is 0 Å². The predicted molar refractivity (Wildman–Crippen MR) is 62.6 cm³/mol. The summed E-state index contributed by atoms with van der Waals surface area (Å²) in [7, 11) is 0. The topological polar surface area (TPSA) is 75.1 Å². The minimum atomic E-state index is -0.879. The minimum Gasteiger partial charge on any atom is -0.480 e. The monoisotopic (exact) mass is 239 g/mol. The smallest absolute Gasteiger partial charge is 0.325 e. The molecule has 0 fully saturated rings. The van der Waals surface area contributed by atoms with Crippen molar-refractivity contribution in [1.29, 1.82) is 0 Å². The summed E-state index contributed by atoms with van der Waals surface area (Å²) in [5.74, 6) is 1.70. The van der Waals surface area contributed by atoms with Gasteiger partial charge in [0.25, 0.3) is 0 Å². The Morgan fingerprint density at radius 1 is 1.62 bits per heavy atom. The molecule has 1 aliphatic rings. The highest BCUT2D eigenvalue weighted by Crippen LogP contribution is 2.27. The van der Waals surface area contributed by atoms with Gasteiger partial charge in [0.15, 0.2) is 0 Å². The van der Waals surface area contributed by atoms with Gasteiger partial charge < -0.3 is 10.4 Å². The van der Waals surface area contributed by atoms with Crippen LogP contribution in [0.25, 0.3) is 0 Å². The van der Waals surface area contributed by atoms with E-state index in [9.17, 15) is 4.79 Å². The first-order valence-corrected chi connectivity index (χ1v) is 6.24. The quantitative estimate of drug-likeness (QED) is 0.824. The Morgan fingerprint density at radius 3 is 3.19 bits per heavy atom. The van der Waals surface area contributed by atoms with Gasteiger partial charge in [-0.15, -0.1) is 0 Å². The van der Waals surface area contributed by atoms with Gasteiger partial charge in [-0.2, -0.15) is 11.8 Å². The molecular formula is C10H13N3O2S. The molecule has 1 aromatic rings. The third-order valence-electron chi connectivity index (χ3n) is 2.49. The first-order valence-electron chi connectivity index (χ1n) is 5.08. The molecule has 1 unspecified atom stereocenters. The minimum absolute atomic E-state index is 0.633. The molecule has 2 heterocycles. The normalized spacial score (nSPS) is 16.3. The molecule has 86 valence electrons. The Labute approximate surface area is 97.7 Å². The molecule has 5 nitrogen and oxygen atoms in total. The number of hydrogen-bond acceptors (Lipinski definition) is 5. The molecule has 2 rings (SSSR count). The van der Waals surface area contributed by atoms with Gasteiger partial charge in [0.2, 0.25) is 0 Å². The molecule has 0 saturated heterocycles. The van der Waals surface area contributed by atoms with E-state index >= 15 is 0 Å². The lowest BCUT2D eigenvalue weighted by atomic mass is 10.2. The number of hydrogen-bond donors (Lipinski definition) is 2. The number of carboxylic acid groups (broad SMARTS) is 1. The lowest BCUT2D eigenvalue weighted by Crippen LogP contribution is -2.27. The van der Waals surface area contributed by atoms with E-state index < -0.39 is 12.0 Å². The molecule has 1 atom stereocenters. The number of aromatic nitrogens is 2. The van der Waals surface area contributed by atoms with Gasteiger partial charge in [0, 0.05) is 11.3 Å². The van der Waals surface area contributed by atoms with E-state index in [1.54, 1.807) is 6.92 Å². The summed E-state index contributed by atoms with van der Waals surface area (Å²) >= 11 is 1.82. The fourth-order valence-corrected chi connectivity index (χ4v) is 2.54. The average Bonchev–Trinajstić information content (AvgIpc) is 2.29.